The third kappa shape index (κ3) is 15.9. The van der Waals surface area contributed by atoms with Crippen LogP contribution in [0.5, 0.6) is 0 Å². The van der Waals surface area contributed by atoms with Gasteiger partial charge in [-0.1, -0.05) is 49.1 Å². The highest BCUT2D eigenvalue weighted by molar-refractivity contribution is 7.99. The van der Waals surface area contributed by atoms with Crippen molar-refractivity contribution >= 4 is 59.5 Å². The second-order valence-electron chi connectivity index (χ2n) is 11.1. The first kappa shape index (κ1) is 42.0. The molecule has 0 heterocycles. The van der Waals surface area contributed by atoms with Gasteiger partial charge in [-0.05, 0) is 41.0 Å². The number of hydrogen-bond acceptors (Lipinski definition) is 13. The molecule has 0 radical (unpaired) electrons. The van der Waals surface area contributed by atoms with Crippen molar-refractivity contribution in [3.63, 3.8) is 0 Å². The Morgan fingerprint density at radius 2 is 1.25 bits per heavy atom. The van der Waals surface area contributed by atoms with Crippen molar-refractivity contribution in [3.05, 3.63) is 77.4 Å². The normalized spacial score (nSPS) is 12.9. The fourth-order valence-electron chi connectivity index (χ4n) is 4.61. The molecule has 0 unspecified atom stereocenters. The summed E-state index contributed by atoms with van der Waals surface area (Å²) in [5.41, 5.74) is 3.27. The lowest BCUT2D eigenvalue weighted by Gasteiger charge is -2.34. The molecular weight excluding hydrogens is 684 g/mol. The van der Waals surface area contributed by atoms with Crippen LogP contribution in [0.3, 0.4) is 0 Å². The number of esters is 5. The lowest BCUT2D eigenvalue weighted by Crippen LogP contribution is -2.57. The molecule has 14 nitrogen and oxygen atoms in total. The summed E-state index contributed by atoms with van der Waals surface area (Å²) in [5, 5.41) is 5.53. The van der Waals surface area contributed by atoms with Crippen molar-refractivity contribution in [2.75, 3.05) is 24.7 Å². The van der Waals surface area contributed by atoms with E-state index in [1.165, 1.54) is 0 Å². The highest BCUT2D eigenvalue weighted by atomic mass is 32.2. The maximum absolute atomic E-state index is 13.5. The fourth-order valence-corrected chi connectivity index (χ4v) is 5.44. The quantitative estimate of drug-likeness (QED) is 0.115. The van der Waals surface area contributed by atoms with Crippen molar-refractivity contribution in [3.8, 4) is 0 Å². The zero-order chi connectivity index (χ0) is 37.9. The standard InChI is InChI=1S/C36H44N2O12S/c1-7-27-12-14-30(15-13-27)35(44)37-17-19-51-18-16-28-8-10-29(11-9-28)20-38-36(45)34(50-26(6)43)33(49-25(5)42)32(48-24(4)41)31(47-23(3)40)21-46-22(2)39/h7-15,31-34H,1,16-21H2,2-6H3,(H,37,44)(H,38,45)/t31-,32-,33+,34-/m1/s1. The predicted molar refractivity (Wildman–Crippen MR) is 187 cm³/mol. The first-order valence-electron chi connectivity index (χ1n) is 16.0. The first-order valence-corrected chi connectivity index (χ1v) is 17.1. The van der Waals surface area contributed by atoms with Crippen LogP contribution < -0.4 is 10.6 Å². The Bertz CT molecular complexity index is 1530. The molecule has 4 atom stereocenters. The van der Waals surface area contributed by atoms with Gasteiger partial charge in [0.1, 0.15) is 6.61 Å². The molecule has 0 saturated carbocycles. The van der Waals surface area contributed by atoms with Gasteiger partial charge in [-0.25, -0.2) is 0 Å². The van der Waals surface area contributed by atoms with Gasteiger partial charge in [0.2, 0.25) is 6.10 Å². The number of hydrogen-bond donors (Lipinski definition) is 2. The highest BCUT2D eigenvalue weighted by Gasteiger charge is 2.46. The Hall–Kier alpha value is -5.18. The van der Waals surface area contributed by atoms with Crippen LogP contribution in [-0.2, 0) is 65.4 Å². The van der Waals surface area contributed by atoms with Gasteiger partial charge < -0.3 is 34.3 Å². The summed E-state index contributed by atoms with van der Waals surface area (Å²) in [6.45, 7) is 8.75. The minimum Gasteiger partial charge on any atom is -0.462 e. The molecule has 2 rings (SSSR count). The molecule has 2 amide bonds. The molecule has 276 valence electrons. The Balaban J connectivity index is 2.04. The molecule has 0 fully saturated rings. The third-order valence-electron chi connectivity index (χ3n) is 6.88. The molecule has 2 N–H and O–H groups in total. The molecular formula is C36H44N2O12S. The first-order chi connectivity index (χ1) is 24.2. The van der Waals surface area contributed by atoms with Gasteiger partial charge in [-0.3, -0.25) is 33.6 Å². The third-order valence-corrected chi connectivity index (χ3v) is 7.86. The van der Waals surface area contributed by atoms with Crippen LogP contribution in [0.1, 0.15) is 61.7 Å². The van der Waals surface area contributed by atoms with Crippen LogP contribution in [0.2, 0.25) is 0 Å². The average molecular weight is 729 g/mol. The Labute approximate surface area is 300 Å². The summed E-state index contributed by atoms with van der Waals surface area (Å²) < 4.78 is 26.0. The SMILES string of the molecule is C=Cc1ccc(C(=O)NCCSCCc2ccc(CNC(=O)[C@H](OC(C)=O)[C@@H](OC(C)=O)[C@H](OC(C)=O)[C@@H](COC(C)=O)OC(C)=O)cc2)cc1. The van der Waals surface area contributed by atoms with E-state index >= 15 is 0 Å². The largest absolute Gasteiger partial charge is 0.462 e. The second-order valence-corrected chi connectivity index (χ2v) is 12.3. The molecule has 0 aliphatic heterocycles. The maximum Gasteiger partial charge on any atom is 0.303 e. The summed E-state index contributed by atoms with van der Waals surface area (Å²) in [4.78, 5) is 85.5. The molecule has 0 saturated heterocycles. The van der Waals surface area contributed by atoms with Gasteiger partial charge in [0.25, 0.3) is 11.8 Å². The Kier molecular flexibility index (Phi) is 18.0. The number of nitrogens with one attached hydrogen (secondary N) is 2. The molecule has 2 aromatic rings. The fraction of sp³-hybridized carbons (Fsp3) is 0.417. The van der Waals surface area contributed by atoms with Gasteiger partial charge in [-0.15, -0.1) is 0 Å². The van der Waals surface area contributed by atoms with E-state index in [0.717, 1.165) is 63.7 Å². The molecule has 0 aromatic heterocycles. The van der Waals surface area contributed by atoms with Crippen LogP contribution in [0.15, 0.2) is 55.1 Å². The number of benzene rings is 2. The number of ether oxygens (including phenoxy) is 5. The summed E-state index contributed by atoms with van der Waals surface area (Å²) >= 11 is 1.69. The van der Waals surface area contributed by atoms with E-state index in [-0.39, 0.29) is 12.5 Å². The van der Waals surface area contributed by atoms with Crippen molar-refractivity contribution in [1.82, 2.24) is 10.6 Å². The van der Waals surface area contributed by atoms with Crippen molar-refractivity contribution in [1.29, 1.82) is 0 Å². The van der Waals surface area contributed by atoms with E-state index in [1.807, 2.05) is 24.3 Å². The topological polar surface area (TPSA) is 190 Å². The molecule has 15 heteroatoms. The zero-order valence-electron chi connectivity index (χ0n) is 29.3. The van der Waals surface area contributed by atoms with Gasteiger partial charge in [0.15, 0.2) is 18.3 Å². The minimum atomic E-state index is -1.87. The molecule has 51 heavy (non-hydrogen) atoms. The summed E-state index contributed by atoms with van der Waals surface area (Å²) in [5.74, 6) is -3.91. The van der Waals surface area contributed by atoms with E-state index in [1.54, 1.807) is 42.1 Å². The van der Waals surface area contributed by atoms with Gasteiger partial charge in [0, 0.05) is 59.0 Å². The van der Waals surface area contributed by atoms with Crippen LogP contribution >= 0.6 is 11.8 Å². The van der Waals surface area contributed by atoms with Crippen LogP contribution in [0.4, 0.5) is 0 Å². The minimum absolute atomic E-state index is 0.0203. The second kappa shape index (κ2) is 21.8. The predicted octanol–water partition coefficient (Wildman–Crippen LogP) is 2.94. The van der Waals surface area contributed by atoms with E-state index in [4.69, 9.17) is 23.7 Å². The van der Waals surface area contributed by atoms with Crippen molar-refractivity contribution < 1.29 is 57.2 Å². The van der Waals surface area contributed by atoms with Crippen molar-refractivity contribution in [2.24, 2.45) is 0 Å². The maximum atomic E-state index is 13.5. The van der Waals surface area contributed by atoms with Gasteiger partial charge in [0.05, 0.1) is 0 Å². The van der Waals surface area contributed by atoms with E-state index in [0.29, 0.717) is 17.7 Å². The van der Waals surface area contributed by atoms with Crippen LogP contribution in [0.25, 0.3) is 6.08 Å². The number of carbonyl (C=O) groups excluding carboxylic acids is 7. The summed E-state index contributed by atoms with van der Waals surface area (Å²) in [6, 6.07) is 14.6. The van der Waals surface area contributed by atoms with E-state index < -0.39 is 66.8 Å². The number of rotatable bonds is 20. The Morgan fingerprint density at radius 3 is 1.80 bits per heavy atom. The number of thioether (sulfide) groups is 1. The van der Waals surface area contributed by atoms with Gasteiger partial charge in [-0.2, -0.15) is 11.8 Å². The smallest absolute Gasteiger partial charge is 0.303 e. The number of carbonyl (C=O) groups is 7. The number of amides is 2. The van der Waals surface area contributed by atoms with E-state index in [9.17, 15) is 33.6 Å². The van der Waals surface area contributed by atoms with Crippen LogP contribution in [0, 0.1) is 0 Å². The lowest BCUT2D eigenvalue weighted by molar-refractivity contribution is -0.203. The van der Waals surface area contributed by atoms with Gasteiger partial charge >= 0.3 is 29.8 Å². The zero-order valence-corrected chi connectivity index (χ0v) is 30.1. The molecule has 0 spiro atoms. The lowest BCUT2D eigenvalue weighted by atomic mass is 10.0. The van der Waals surface area contributed by atoms with Crippen molar-refractivity contribution in [2.45, 2.75) is 72.0 Å². The van der Waals surface area contributed by atoms with Crippen LogP contribution in [-0.4, -0.2) is 90.7 Å². The molecule has 2 aromatic carbocycles. The number of aryl methyl sites for hydroxylation is 1. The van der Waals surface area contributed by atoms with E-state index in [2.05, 4.69) is 17.2 Å². The summed E-state index contributed by atoms with van der Waals surface area (Å²) in [7, 11) is 0. The molecule has 0 bridgehead atoms. The monoisotopic (exact) mass is 728 g/mol. The average Bonchev–Trinajstić information content (AvgIpc) is 3.07. The molecule has 0 aliphatic rings. The Morgan fingerprint density at radius 1 is 0.686 bits per heavy atom. The highest BCUT2D eigenvalue weighted by Crippen LogP contribution is 2.21. The molecule has 0 aliphatic carbocycles. The summed E-state index contributed by atoms with van der Waals surface area (Å²) in [6.07, 6.45) is -4.48.